The van der Waals surface area contributed by atoms with Crippen LogP contribution in [0.4, 0.5) is 0 Å². The molecular formula is C19H36O4S. The van der Waals surface area contributed by atoms with Gasteiger partial charge in [-0.25, -0.2) is 0 Å². The van der Waals surface area contributed by atoms with Crippen molar-refractivity contribution < 1.29 is 19.1 Å². The third-order valence-electron chi connectivity index (χ3n) is 3.89. The predicted octanol–water partition coefficient (Wildman–Crippen LogP) is 5.14. The molecule has 0 bridgehead atoms. The van der Waals surface area contributed by atoms with E-state index in [0.29, 0.717) is 31.0 Å². The maximum absolute atomic E-state index is 11.5. The molecule has 0 aliphatic heterocycles. The highest BCUT2D eigenvalue weighted by molar-refractivity contribution is 7.99. The maximum Gasteiger partial charge on any atom is 0.306 e. The molecule has 0 unspecified atom stereocenters. The Kier molecular flexibility index (Phi) is 18.1. The van der Waals surface area contributed by atoms with Crippen molar-refractivity contribution in [1.29, 1.82) is 0 Å². The summed E-state index contributed by atoms with van der Waals surface area (Å²) >= 11 is 1.58. The number of carbonyl (C=O) groups excluding carboxylic acids is 2. The van der Waals surface area contributed by atoms with E-state index < -0.39 is 0 Å². The summed E-state index contributed by atoms with van der Waals surface area (Å²) in [5.41, 5.74) is 0. The first kappa shape index (κ1) is 23.3. The molecule has 0 fully saturated rings. The minimum absolute atomic E-state index is 0.128. The number of esters is 2. The smallest absolute Gasteiger partial charge is 0.306 e. The van der Waals surface area contributed by atoms with E-state index in [1.54, 1.807) is 11.8 Å². The first-order valence-electron chi connectivity index (χ1n) is 9.50. The molecule has 0 amide bonds. The second-order valence-corrected chi connectivity index (χ2v) is 7.32. The molecule has 0 aliphatic rings. The van der Waals surface area contributed by atoms with Gasteiger partial charge in [-0.1, -0.05) is 64.7 Å². The van der Waals surface area contributed by atoms with Gasteiger partial charge >= 0.3 is 11.9 Å². The number of rotatable bonds is 17. The van der Waals surface area contributed by atoms with E-state index in [-0.39, 0.29) is 11.9 Å². The summed E-state index contributed by atoms with van der Waals surface area (Å²) in [5, 5.41) is 0. The summed E-state index contributed by atoms with van der Waals surface area (Å²) in [6.07, 6.45) is 13.6. The quantitative estimate of drug-likeness (QED) is 0.266. The highest BCUT2D eigenvalue weighted by Crippen LogP contribution is 2.11. The Morgan fingerprint density at radius 1 is 0.750 bits per heavy atom. The average Bonchev–Trinajstić information content (AvgIpc) is 2.59. The molecule has 0 aromatic carbocycles. The first-order chi connectivity index (χ1) is 11.7. The summed E-state index contributed by atoms with van der Waals surface area (Å²) in [7, 11) is 1.39. The fraction of sp³-hybridized carbons (Fsp3) is 0.895. The molecule has 0 heterocycles. The van der Waals surface area contributed by atoms with Gasteiger partial charge in [0, 0.05) is 11.5 Å². The zero-order chi connectivity index (χ0) is 17.9. The molecule has 0 saturated carbocycles. The zero-order valence-corrected chi connectivity index (χ0v) is 16.5. The van der Waals surface area contributed by atoms with Crippen LogP contribution in [0, 0.1) is 0 Å². The Labute approximate surface area is 152 Å². The normalized spacial score (nSPS) is 10.6. The molecule has 0 atom stereocenters. The van der Waals surface area contributed by atoms with Gasteiger partial charge in [0.1, 0.15) is 0 Å². The van der Waals surface area contributed by atoms with E-state index >= 15 is 0 Å². The summed E-state index contributed by atoms with van der Waals surface area (Å²) in [6, 6.07) is 0. The number of hydrogen-bond donors (Lipinski definition) is 0. The largest absolute Gasteiger partial charge is 0.469 e. The van der Waals surface area contributed by atoms with Crippen LogP contribution in [0.5, 0.6) is 0 Å². The van der Waals surface area contributed by atoms with Gasteiger partial charge in [0.2, 0.25) is 0 Å². The number of hydrogen-bond acceptors (Lipinski definition) is 5. The van der Waals surface area contributed by atoms with Crippen LogP contribution < -0.4 is 0 Å². The Morgan fingerprint density at radius 2 is 1.25 bits per heavy atom. The maximum atomic E-state index is 11.5. The molecule has 0 aromatic heterocycles. The van der Waals surface area contributed by atoms with Crippen LogP contribution in [0.25, 0.3) is 0 Å². The van der Waals surface area contributed by atoms with E-state index in [1.807, 2.05) is 0 Å². The molecule has 142 valence electrons. The number of ether oxygens (including phenoxy) is 2. The molecule has 24 heavy (non-hydrogen) atoms. The van der Waals surface area contributed by atoms with Crippen molar-refractivity contribution in [1.82, 2.24) is 0 Å². The third-order valence-corrected chi connectivity index (χ3v) is 4.88. The van der Waals surface area contributed by atoms with Crippen LogP contribution in [0.1, 0.15) is 84.0 Å². The lowest BCUT2D eigenvalue weighted by Gasteiger charge is -2.05. The van der Waals surface area contributed by atoms with Crippen molar-refractivity contribution in [2.45, 2.75) is 84.0 Å². The van der Waals surface area contributed by atoms with Gasteiger partial charge < -0.3 is 9.47 Å². The molecule has 0 spiro atoms. The minimum Gasteiger partial charge on any atom is -0.469 e. The summed E-state index contributed by atoms with van der Waals surface area (Å²) in [4.78, 5) is 22.4. The van der Waals surface area contributed by atoms with Crippen molar-refractivity contribution in [3.8, 4) is 0 Å². The van der Waals surface area contributed by atoms with Crippen LogP contribution in [0.15, 0.2) is 0 Å². The molecule has 5 heteroatoms. The van der Waals surface area contributed by atoms with Gasteiger partial charge in [0.05, 0.1) is 26.6 Å². The van der Waals surface area contributed by atoms with Crippen LogP contribution >= 0.6 is 11.8 Å². The molecule has 0 N–H and O–H groups in total. The minimum atomic E-state index is -0.203. The monoisotopic (exact) mass is 360 g/mol. The topological polar surface area (TPSA) is 52.6 Å². The average molecular weight is 361 g/mol. The Morgan fingerprint density at radius 3 is 1.79 bits per heavy atom. The molecule has 0 aromatic rings. The van der Waals surface area contributed by atoms with Gasteiger partial charge in [-0.05, 0) is 6.42 Å². The lowest BCUT2D eigenvalue weighted by atomic mass is 10.1. The van der Waals surface area contributed by atoms with Gasteiger partial charge in [-0.2, -0.15) is 11.8 Å². The second-order valence-electron chi connectivity index (χ2n) is 6.09. The molecule has 0 aliphatic carbocycles. The van der Waals surface area contributed by atoms with Crippen LogP contribution in [0.2, 0.25) is 0 Å². The standard InChI is InChI=1S/C19H36O4S/c1-3-4-5-6-7-8-9-10-11-12-15-23-19(21)14-17-24-16-13-18(20)22-2/h3-17H2,1-2H3. The van der Waals surface area contributed by atoms with Crippen molar-refractivity contribution >= 4 is 23.7 Å². The van der Waals surface area contributed by atoms with Crippen LogP contribution in [-0.2, 0) is 19.1 Å². The fourth-order valence-electron chi connectivity index (χ4n) is 2.36. The first-order valence-corrected chi connectivity index (χ1v) is 10.7. The summed E-state index contributed by atoms with van der Waals surface area (Å²) in [5.74, 6) is 1.06. The van der Waals surface area contributed by atoms with E-state index in [4.69, 9.17) is 4.74 Å². The van der Waals surface area contributed by atoms with Crippen molar-refractivity contribution in [2.24, 2.45) is 0 Å². The van der Waals surface area contributed by atoms with E-state index in [0.717, 1.165) is 12.8 Å². The lowest BCUT2D eigenvalue weighted by molar-refractivity contribution is -0.143. The van der Waals surface area contributed by atoms with E-state index in [9.17, 15) is 9.59 Å². The van der Waals surface area contributed by atoms with Crippen molar-refractivity contribution in [3.05, 3.63) is 0 Å². The molecule has 0 rings (SSSR count). The highest BCUT2D eigenvalue weighted by Gasteiger charge is 2.04. The van der Waals surface area contributed by atoms with E-state index in [1.165, 1.54) is 58.5 Å². The van der Waals surface area contributed by atoms with Gasteiger partial charge in [0.15, 0.2) is 0 Å². The SMILES string of the molecule is CCCCCCCCCCCCOC(=O)CCSCCC(=O)OC. The predicted molar refractivity (Wildman–Crippen MR) is 101 cm³/mol. The van der Waals surface area contributed by atoms with Gasteiger partial charge in [-0.15, -0.1) is 0 Å². The van der Waals surface area contributed by atoms with E-state index in [2.05, 4.69) is 11.7 Å². The Hall–Kier alpha value is -0.710. The number of unbranched alkanes of at least 4 members (excludes halogenated alkanes) is 9. The summed E-state index contributed by atoms with van der Waals surface area (Å²) in [6.45, 7) is 2.79. The zero-order valence-electron chi connectivity index (χ0n) is 15.6. The molecule has 0 saturated heterocycles. The molecular weight excluding hydrogens is 324 g/mol. The fourth-order valence-corrected chi connectivity index (χ4v) is 3.19. The lowest BCUT2D eigenvalue weighted by Crippen LogP contribution is -2.07. The van der Waals surface area contributed by atoms with Crippen molar-refractivity contribution in [3.63, 3.8) is 0 Å². The Bertz CT molecular complexity index is 308. The van der Waals surface area contributed by atoms with Crippen LogP contribution in [-0.4, -0.2) is 37.2 Å². The number of thioether (sulfide) groups is 1. The number of methoxy groups -OCH3 is 1. The number of carbonyl (C=O) groups is 2. The van der Waals surface area contributed by atoms with Gasteiger partial charge in [-0.3, -0.25) is 9.59 Å². The Balaban J connectivity index is 3.19. The molecule has 0 radical (unpaired) electrons. The molecule has 4 nitrogen and oxygen atoms in total. The van der Waals surface area contributed by atoms with Gasteiger partial charge in [0.25, 0.3) is 0 Å². The third kappa shape index (κ3) is 17.6. The van der Waals surface area contributed by atoms with Crippen molar-refractivity contribution in [2.75, 3.05) is 25.2 Å². The second kappa shape index (κ2) is 18.6. The summed E-state index contributed by atoms with van der Waals surface area (Å²) < 4.78 is 9.78. The van der Waals surface area contributed by atoms with Crippen LogP contribution in [0.3, 0.4) is 0 Å². The highest BCUT2D eigenvalue weighted by atomic mass is 32.2.